The number of carbonyl (C=O) groups excluding carboxylic acids is 2. The first-order chi connectivity index (χ1) is 12.6. The van der Waals surface area contributed by atoms with Gasteiger partial charge < -0.3 is 19.1 Å². The fourth-order valence-corrected chi connectivity index (χ4v) is 3.99. The number of thioether (sulfide) groups is 1. The van der Waals surface area contributed by atoms with Gasteiger partial charge >= 0.3 is 5.97 Å². The van der Waals surface area contributed by atoms with Crippen LogP contribution < -0.4 is 4.74 Å². The predicted molar refractivity (Wildman–Crippen MR) is 99.6 cm³/mol. The molecule has 0 N–H and O–H groups in total. The van der Waals surface area contributed by atoms with Crippen molar-refractivity contribution >= 4 is 29.1 Å². The number of allylic oxidation sites excluding steroid dienone is 2. The van der Waals surface area contributed by atoms with E-state index in [0.717, 1.165) is 16.3 Å². The summed E-state index contributed by atoms with van der Waals surface area (Å²) in [7, 11) is 1.60. The highest BCUT2D eigenvalue weighted by Crippen LogP contribution is 2.45. The van der Waals surface area contributed by atoms with Crippen LogP contribution in [-0.2, 0) is 19.1 Å². The van der Waals surface area contributed by atoms with Crippen LogP contribution in [0.25, 0.3) is 5.57 Å². The van der Waals surface area contributed by atoms with Crippen LogP contribution >= 0.6 is 11.8 Å². The van der Waals surface area contributed by atoms with Crippen molar-refractivity contribution in [3.8, 4) is 5.75 Å². The molecule has 7 heteroatoms. The van der Waals surface area contributed by atoms with Gasteiger partial charge in [0.25, 0.3) is 0 Å². The van der Waals surface area contributed by atoms with Gasteiger partial charge in [-0.25, -0.2) is 4.79 Å². The number of ether oxygens (including phenoxy) is 3. The van der Waals surface area contributed by atoms with Gasteiger partial charge in [0.2, 0.25) is 5.78 Å². The molecular weight excluding hydrogens is 354 g/mol. The smallest absolute Gasteiger partial charge is 0.332 e. The number of ketones is 1. The Bertz CT molecular complexity index is 748. The molecule has 0 radical (unpaired) electrons. The molecule has 1 aromatic carbocycles. The zero-order valence-corrected chi connectivity index (χ0v) is 15.6. The van der Waals surface area contributed by atoms with Gasteiger partial charge in [0, 0.05) is 19.2 Å². The minimum absolute atomic E-state index is 0.158. The summed E-state index contributed by atoms with van der Waals surface area (Å²) in [5.74, 6) is 0.0676. The highest BCUT2D eigenvalue weighted by molar-refractivity contribution is 8.08. The fraction of sp³-hybridized carbons (Fsp3) is 0.368. The molecule has 138 valence electrons. The Balaban J connectivity index is 1.97. The van der Waals surface area contributed by atoms with Crippen LogP contribution in [0.2, 0.25) is 0 Å². The van der Waals surface area contributed by atoms with Crippen LogP contribution in [0.4, 0.5) is 0 Å². The highest BCUT2D eigenvalue weighted by atomic mass is 32.2. The maximum Gasteiger partial charge on any atom is 0.332 e. The van der Waals surface area contributed by atoms with E-state index < -0.39 is 5.97 Å². The van der Waals surface area contributed by atoms with Gasteiger partial charge in [0.05, 0.1) is 42.4 Å². The third kappa shape index (κ3) is 3.94. The monoisotopic (exact) mass is 375 g/mol. The second-order valence-corrected chi connectivity index (χ2v) is 6.73. The van der Waals surface area contributed by atoms with Crippen LogP contribution in [-0.4, -0.2) is 56.7 Å². The molecule has 0 spiro atoms. The van der Waals surface area contributed by atoms with Crippen molar-refractivity contribution in [2.24, 2.45) is 0 Å². The standard InChI is InChI=1S/C19H21NO5S/c1-3-25-16(21)12-15-18(22)17(13-4-6-14(23-2)7-5-13)19(26-15)20-8-10-24-11-9-20/h4-7,12H,3,8-11H2,1-2H3/b15-12-. The van der Waals surface area contributed by atoms with Gasteiger partial charge in [-0.2, -0.15) is 0 Å². The Hall–Kier alpha value is -2.25. The van der Waals surface area contributed by atoms with Gasteiger partial charge in [-0.05, 0) is 24.6 Å². The van der Waals surface area contributed by atoms with Crippen LogP contribution in [0, 0.1) is 0 Å². The number of Topliss-reactive ketones (excluding diaryl/α,β-unsaturated/α-hetero) is 1. The molecule has 2 aliphatic heterocycles. The zero-order valence-electron chi connectivity index (χ0n) is 14.8. The first-order valence-electron chi connectivity index (χ1n) is 8.46. The number of esters is 1. The molecule has 0 bridgehead atoms. The quantitative estimate of drug-likeness (QED) is 0.578. The first-order valence-corrected chi connectivity index (χ1v) is 9.28. The van der Waals surface area contributed by atoms with E-state index in [4.69, 9.17) is 14.2 Å². The summed E-state index contributed by atoms with van der Waals surface area (Å²) in [6, 6.07) is 7.37. The third-order valence-electron chi connectivity index (χ3n) is 4.08. The number of rotatable bonds is 5. The average Bonchev–Trinajstić information content (AvgIpc) is 2.99. The molecule has 0 amide bonds. The number of benzene rings is 1. The molecule has 1 aromatic rings. The minimum Gasteiger partial charge on any atom is -0.497 e. The van der Waals surface area contributed by atoms with Crippen molar-refractivity contribution in [1.29, 1.82) is 0 Å². The summed E-state index contributed by atoms with van der Waals surface area (Å²) >= 11 is 1.32. The lowest BCUT2D eigenvalue weighted by Crippen LogP contribution is -2.34. The van der Waals surface area contributed by atoms with Crippen molar-refractivity contribution in [2.45, 2.75) is 6.92 Å². The van der Waals surface area contributed by atoms with E-state index in [1.807, 2.05) is 24.3 Å². The summed E-state index contributed by atoms with van der Waals surface area (Å²) in [5, 5.41) is 0.860. The molecule has 0 aliphatic carbocycles. The third-order valence-corrected chi connectivity index (χ3v) is 5.26. The maximum atomic E-state index is 13.0. The van der Waals surface area contributed by atoms with Gasteiger partial charge in [-0.15, -0.1) is 0 Å². The summed E-state index contributed by atoms with van der Waals surface area (Å²) in [6.45, 7) is 4.66. The average molecular weight is 375 g/mol. The molecule has 2 aliphatic rings. The Kier molecular flexibility index (Phi) is 6.00. The molecule has 6 nitrogen and oxygen atoms in total. The Morgan fingerprint density at radius 1 is 1.27 bits per heavy atom. The number of morpholine rings is 1. The van der Waals surface area contributed by atoms with Crippen molar-refractivity contribution in [3.05, 3.63) is 45.8 Å². The molecule has 0 saturated carbocycles. The van der Waals surface area contributed by atoms with E-state index in [9.17, 15) is 9.59 Å². The second-order valence-electron chi connectivity index (χ2n) is 5.70. The van der Waals surface area contributed by atoms with E-state index in [2.05, 4.69) is 4.90 Å². The largest absolute Gasteiger partial charge is 0.497 e. The van der Waals surface area contributed by atoms with Crippen molar-refractivity contribution in [1.82, 2.24) is 4.90 Å². The summed E-state index contributed by atoms with van der Waals surface area (Å²) in [4.78, 5) is 27.4. The van der Waals surface area contributed by atoms with Crippen LogP contribution in [0.5, 0.6) is 5.75 Å². The first kappa shape index (κ1) is 18.5. The predicted octanol–water partition coefficient (Wildman–Crippen LogP) is 2.46. The molecule has 0 unspecified atom stereocenters. The highest BCUT2D eigenvalue weighted by Gasteiger charge is 2.34. The molecular formula is C19H21NO5S. The Morgan fingerprint density at radius 3 is 2.58 bits per heavy atom. The SMILES string of the molecule is CCOC(=O)/C=C1\SC(N2CCOCC2)=C(c2ccc(OC)cc2)C1=O. The van der Waals surface area contributed by atoms with E-state index in [-0.39, 0.29) is 12.4 Å². The van der Waals surface area contributed by atoms with Gasteiger partial charge in [-0.1, -0.05) is 23.9 Å². The lowest BCUT2D eigenvalue weighted by molar-refractivity contribution is -0.137. The molecule has 0 atom stereocenters. The zero-order chi connectivity index (χ0) is 18.5. The lowest BCUT2D eigenvalue weighted by Gasteiger charge is -2.29. The van der Waals surface area contributed by atoms with Gasteiger partial charge in [0.15, 0.2) is 0 Å². The summed E-state index contributed by atoms with van der Waals surface area (Å²) < 4.78 is 15.6. The molecule has 0 aromatic heterocycles. The number of carbonyl (C=O) groups is 2. The van der Waals surface area contributed by atoms with Crippen molar-refractivity contribution < 1.29 is 23.8 Å². The van der Waals surface area contributed by atoms with E-state index in [1.54, 1.807) is 14.0 Å². The van der Waals surface area contributed by atoms with Crippen molar-refractivity contribution in [3.63, 3.8) is 0 Å². The number of hydrogen-bond acceptors (Lipinski definition) is 7. The van der Waals surface area contributed by atoms with Crippen molar-refractivity contribution in [2.75, 3.05) is 40.0 Å². The Morgan fingerprint density at radius 2 is 1.96 bits per heavy atom. The minimum atomic E-state index is -0.499. The molecule has 1 fully saturated rings. The van der Waals surface area contributed by atoms with E-state index in [1.165, 1.54) is 17.8 Å². The fourth-order valence-electron chi connectivity index (χ4n) is 2.81. The maximum absolute atomic E-state index is 13.0. The summed E-state index contributed by atoms with van der Waals surface area (Å²) in [6.07, 6.45) is 1.29. The van der Waals surface area contributed by atoms with Crippen LogP contribution in [0.3, 0.4) is 0 Å². The van der Waals surface area contributed by atoms with Crippen LogP contribution in [0.1, 0.15) is 12.5 Å². The van der Waals surface area contributed by atoms with E-state index >= 15 is 0 Å². The molecule has 2 heterocycles. The molecule has 3 rings (SSSR count). The van der Waals surface area contributed by atoms with Gasteiger partial charge in [-0.3, -0.25) is 4.79 Å². The Labute approximate surface area is 156 Å². The van der Waals surface area contributed by atoms with E-state index in [0.29, 0.717) is 36.8 Å². The number of methoxy groups -OCH3 is 1. The van der Waals surface area contributed by atoms with Gasteiger partial charge in [0.1, 0.15) is 5.75 Å². The second kappa shape index (κ2) is 8.42. The number of hydrogen-bond donors (Lipinski definition) is 0. The number of nitrogens with zero attached hydrogens (tertiary/aromatic N) is 1. The lowest BCUT2D eigenvalue weighted by atomic mass is 10.0. The topological polar surface area (TPSA) is 65.1 Å². The summed E-state index contributed by atoms with van der Waals surface area (Å²) in [5.41, 5.74) is 1.41. The molecule has 26 heavy (non-hydrogen) atoms. The van der Waals surface area contributed by atoms with Crippen LogP contribution in [0.15, 0.2) is 40.3 Å². The molecule has 1 saturated heterocycles. The normalized spacial score (nSPS) is 19.2.